The number of anilines is 2. The van der Waals surface area contributed by atoms with Gasteiger partial charge in [-0.3, -0.25) is 4.79 Å². The third-order valence-corrected chi connectivity index (χ3v) is 4.00. The summed E-state index contributed by atoms with van der Waals surface area (Å²) in [5, 5.41) is 15.7. The summed E-state index contributed by atoms with van der Waals surface area (Å²) < 4.78 is 0. The second-order valence-corrected chi connectivity index (χ2v) is 6.21. The monoisotopic (exact) mass is 377 g/mol. The molecule has 0 saturated heterocycles. The lowest BCUT2D eigenvalue weighted by atomic mass is 10.2. The predicted octanol–water partition coefficient (Wildman–Crippen LogP) is 3.98. The smallest absolute Gasteiger partial charge is 0.270 e. The van der Waals surface area contributed by atoms with Gasteiger partial charge in [-0.05, 0) is 36.8 Å². The Labute approximate surface area is 161 Å². The number of halogens is 1. The molecule has 2 N–H and O–H groups in total. The van der Waals surface area contributed by atoms with Crippen LogP contribution in [0.2, 0.25) is 5.02 Å². The van der Waals surface area contributed by atoms with E-state index in [0.717, 1.165) is 5.56 Å². The number of aromatic nitrogens is 2. The third-order valence-electron chi connectivity index (χ3n) is 3.75. The summed E-state index contributed by atoms with van der Waals surface area (Å²) in [6.45, 7) is 2.07. The molecule has 0 radical (unpaired) electrons. The predicted molar refractivity (Wildman–Crippen MR) is 104 cm³/mol. The molecule has 27 heavy (non-hydrogen) atoms. The van der Waals surface area contributed by atoms with Crippen LogP contribution in [0.5, 0.6) is 0 Å². The van der Waals surface area contributed by atoms with E-state index in [9.17, 15) is 10.1 Å². The van der Waals surface area contributed by atoms with Gasteiger partial charge in [0.1, 0.15) is 23.4 Å². The lowest BCUT2D eigenvalue weighted by molar-refractivity contribution is 0.0945. The quantitative estimate of drug-likeness (QED) is 0.701. The highest BCUT2D eigenvalue weighted by Gasteiger charge is 2.11. The van der Waals surface area contributed by atoms with Crippen LogP contribution in [0, 0.1) is 18.3 Å². The fourth-order valence-corrected chi connectivity index (χ4v) is 2.58. The minimum Gasteiger partial charge on any atom is -0.347 e. The van der Waals surface area contributed by atoms with E-state index < -0.39 is 0 Å². The summed E-state index contributed by atoms with van der Waals surface area (Å²) >= 11 is 5.86. The molecule has 3 aromatic rings. The van der Waals surface area contributed by atoms with Crippen molar-refractivity contribution < 1.29 is 4.79 Å². The van der Waals surface area contributed by atoms with Crippen molar-refractivity contribution in [2.75, 3.05) is 5.32 Å². The van der Waals surface area contributed by atoms with Crippen LogP contribution in [0.25, 0.3) is 0 Å². The van der Waals surface area contributed by atoms with E-state index in [-0.39, 0.29) is 11.6 Å². The van der Waals surface area contributed by atoms with Crippen LogP contribution in [-0.2, 0) is 6.54 Å². The molecule has 2 aromatic carbocycles. The van der Waals surface area contributed by atoms with Gasteiger partial charge >= 0.3 is 0 Å². The first-order valence-electron chi connectivity index (χ1n) is 8.19. The van der Waals surface area contributed by atoms with Gasteiger partial charge in [0.15, 0.2) is 0 Å². The normalized spacial score (nSPS) is 10.1. The highest BCUT2D eigenvalue weighted by molar-refractivity contribution is 6.30. The number of nitrogens with zero attached hydrogens (tertiary/aromatic N) is 3. The molecule has 0 bridgehead atoms. The van der Waals surface area contributed by atoms with Gasteiger partial charge in [0, 0.05) is 17.6 Å². The summed E-state index contributed by atoms with van der Waals surface area (Å²) in [6, 6.07) is 18.0. The van der Waals surface area contributed by atoms with E-state index in [4.69, 9.17) is 11.6 Å². The molecule has 0 fully saturated rings. The van der Waals surface area contributed by atoms with Crippen molar-refractivity contribution in [3.05, 3.63) is 82.3 Å². The van der Waals surface area contributed by atoms with Crippen LogP contribution in [0.3, 0.4) is 0 Å². The minimum atomic E-state index is -0.313. The molecule has 0 saturated carbocycles. The van der Waals surface area contributed by atoms with Gasteiger partial charge in [0.2, 0.25) is 0 Å². The van der Waals surface area contributed by atoms with E-state index >= 15 is 0 Å². The van der Waals surface area contributed by atoms with Gasteiger partial charge in [-0.2, -0.15) is 5.26 Å². The van der Waals surface area contributed by atoms with E-state index in [1.807, 2.05) is 18.2 Å². The fraction of sp³-hybridized carbons (Fsp3) is 0.100. The number of para-hydroxylation sites is 1. The number of nitriles is 1. The Bertz CT molecular complexity index is 1010. The van der Waals surface area contributed by atoms with Crippen LogP contribution in [-0.4, -0.2) is 15.9 Å². The molecular weight excluding hydrogens is 362 g/mol. The maximum atomic E-state index is 12.5. The van der Waals surface area contributed by atoms with Gasteiger partial charge < -0.3 is 10.6 Å². The van der Waals surface area contributed by atoms with Crippen molar-refractivity contribution >= 4 is 29.0 Å². The summed E-state index contributed by atoms with van der Waals surface area (Å²) in [5.74, 6) is 0.583. The molecule has 6 nitrogen and oxygen atoms in total. The van der Waals surface area contributed by atoms with Crippen molar-refractivity contribution in [1.82, 2.24) is 15.3 Å². The van der Waals surface area contributed by atoms with Crippen LogP contribution in [0.4, 0.5) is 11.5 Å². The number of rotatable bonds is 5. The topological polar surface area (TPSA) is 90.7 Å². The molecular formula is C20H16ClN5O. The summed E-state index contributed by atoms with van der Waals surface area (Å²) in [4.78, 5) is 20.9. The van der Waals surface area contributed by atoms with E-state index in [1.54, 1.807) is 43.3 Å². The Morgan fingerprint density at radius 1 is 1.15 bits per heavy atom. The molecule has 7 heteroatoms. The van der Waals surface area contributed by atoms with Gasteiger partial charge in [-0.25, -0.2) is 9.97 Å². The van der Waals surface area contributed by atoms with E-state index in [2.05, 4.69) is 26.7 Å². The number of aryl methyl sites for hydroxylation is 1. The molecule has 0 unspecified atom stereocenters. The maximum Gasteiger partial charge on any atom is 0.270 e. The Balaban J connectivity index is 1.75. The molecule has 1 amide bonds. The highest BCUT2D eigenvalue weighted by atomic mass is 35.5. The van der Waals surface area contributed by atoms with Crippen molar-refractivity contribution in [2.24, 2.45) is 0 Å². The zero-order valence-corrected chi connectivity index (χ0v) is 15.3. The van der Waals surface area contributed by atoms with Gasteiger partial charge in [0.05, 0.1) is 11.3 Å². The zero-order valence-electron chi connectivity index (χ0n) is 14.5. The van der Waals surface area contributed by atoms with Crippen molar-refractivity contribution in [1.29, 1.82) is 5.26 Å². The van der Waals surface area contributed by atoms with Gasteiger partial charge in [0.25, 0.3) is 5.91 Å². The summed E-state index contributed by atoms with van der Waals surface area (Å²) in [5.41, 5.74) is 2.28. The van der Waals surface area contributed by atoms with Crippen LogP contribution in [0.15, 0.2) is 54.6 Å². The zero-order chi connectivity index (χ0) is 19.2. The number of nitrogens with one attached hydrogen (secondary N) is 2. The summed E-state index contributed by atoms with van der Waals surface area (Å²) in [7, 11) is 0. The number of benzene rings is 2. The van der Waals surface area contributed by atoms with Crippen LogP contribution in [0.1, 0.15) is 27.4 Å². The number of carbonyl (C=O) groups excluding carboxylic acids is 1. The first kappa shape index (κ1) is 18.4. The average Bonchev–Trinajstić information content (AvgIpc) is 2.67. The maximum absolute atomic E-state index is 12.5. The average molecular weight is 378 g/mol. The number of hydrogen-bond acceptors (Lipinski definition) is 5. The first-order valence-corrected chi connectivity index (χ1v) is 8.57. The Morgan fingerprint density at radius 2 is 1.89 bits per heavy atom. The fourth-order valence-electron chi connectivity index (χ4n) is 2.45. The summed E-state index contributed by atoms with van der Waals surface area (Å²) in [6.07, 6.45) is 0. The first-order chi connectivity index (χ1) is 13.0. The molecule has 0 aliphatic carbocycles. The lowest BCUT2D eigenvalue weighted by Gasteiger charge is -2.10. The van der Waals surface area contributed by atoms with Crippen LogP contribution >= 0.6 is 11.6 Å². The Hall–Kier alpha value is -3.43. The Morgan fingerprint density at radius 3 is 2.63 bits per heavy atom. The third kappa shape index (κ3) is 4.81. The van der Waals surface area contributed by atoms with Gasteiger partial charge in [-0.1, -0.05) is 35.9 Å². The number of carbonyl (C=O) groups is 1. The SMILES string of the molecule is Cc1nc(Nc2ccccc2C#N)cc(C(=O)NCc2ccc(Cl)cc2)n1. The molecule has 0 aliphatic rings. The Kier molecular flexibility index (Phi) is 5.64. The van der Waals surface area contributed by atoms with Crippen molar-refractivity contribution in [3.63, 3.8) is 0 Å². The van der Waals surface area contributed by atoms with Crippen molar-refractivity contribution in [2.45, 2.75) is 13.5 Å². The highest BCUT2D eigenvalue weighted by Crippen LogP contribution is 2.19. The minimum absolute atomic E-state index is 0.244. The van der Waals surface area contributed by atoms with Crippen LogP contribution < -0.4 is 10.6 Å². The van der Waals surface area contributed by atoms with E-state index in [0.29, 0.717) is 34.5 Å². The van der Waals surface area contributed by atoms with E-state index in [1.165, 1.54) is 0 Å². The largest absolute Gasteiger partial charge is 0.347 e. The van der Waals surface area contributed by atoms with Crippen molar-refractivity contribution in [3.8, 4) is 6.07 Å². The molecule has 0 aliphatic heterocycles. The molecule has 0 atom stereocenters. The lowest BCUT2D eigenvalue weighted by Crippen LogP contribution is -2.24. The molecule has 0 spiro atoms. The number of hydrogen-bond donors (Lipinski definition) is 2. The number of amides is 1. The molecule has 3 rings (SSSR count). The standard InChI is InChI=1S/C20H16ClN5O/c1-13-24-18(20(27)23-12-14-6-8-16(21)9-7-14)10-19(25-13)26-17-5-3-2-4-15(17)11-22/h2-10H,12H2,1H3,(H,23,27)(H,24,25,26). The molecule has 1 aromatic heterocycles. The second kappa shape index (κ2) is 8.30. The molecule has 134 valence electrons. The second-order valence-electron chi connectivity index (χ2n) is 5.78. The molecule has 1 heterocycles. The van der Waals surface area contributed by atoms with Gasteiger partial charge in [-0.15, -0.1) is 0 Å².